The van der Waals surface area contributed by atoms with Crippen LogP contribution < -0.4 is 10.6 Å². The van der Waals surface area contributed by atoms with Gasteiger partial charge < -0.3 is 30.6 Å². The number of carbonyl (C=O) groups excluding carboxylic acids is 4. The summed E-state index contributed by atoms with van der Waals surface area (Å²) >= 11 is 0. The molecular formula is C22H40N4O8. The van der Waals surface area contributed by atoms with Crippen molar-refractivity contribution in [1.82, 2.24) is 20.4 Å². The molecule has 4 amide bonds. The molecule has 0 radical (unpaired) electrons. The van der Waals surface area contributed by atoms with Crippen LogP contribution in [0.1, 0.15) is 54.4 Å². The van der Waals surface area contributed by atoms with Crippen molar-refractivity contribution in [1.29, 1.82) is 0 Å². The van der Waals surface area contributed by atoms with Gasteiger partial charge >= 0.3 is 11.9 Å². The molecular weight excluding hydrogens is 448 g/mol. The van der Waals surface area contributed by atoms with Crippen LogP contribution in [-0.2, 0) is 28.8 Å². The van der Waals surface area contributed by atoms with E-state index in [0.717, 1.165) is 0 Å². The van der Waals surface area contributed by atoms with Crippen LogP contribution in [0, 0.1) is 11.8 Å². The maximum atomic E-state index is 11.8. The van der Waals surface area contributed by atoms with Crippen molar-refractivity contribution in [3.63, 3.8) is 0 Å². The van der Waals surface area contributed by atoms with Crippen molar-refractivity contribution in [3.8, 4) is 0 Å². The number of carbonyl (C=O) groups is 6. The van der Waals surface area contributed by atoms with Gasteiger partial charge in [-0.3, -0.25) is 28.8 Å². The second-order valence-corrected chi connectivity index (χ2v) is 8.97. The molecule has 0 aliphatic carbocycles. The van der Waals surface area contributed by atoms with Crippen LogP contribution >= 0.6 is 0 Å². The fourth-order valence-corrected chi connectivity index (χ4v) is 2.70. The summed E-state index contributed by atoms with van der Waals surface area (Å²) in [5.74, 6) is -2.63. The minimum absolute atomic E-state index is 0.230. The van der Waals surface area contributed by atoms with Gasteiger partial charge in [0.1, 0.15) is 24.2 Å². The lowest BCUT2D eigenvalue weighted by atomic mass is 10.0. The van der Waals surface area contributed by atoms with Gasteiger partial charge in [0.15, 0.2) is 0 Å². The Balaban J connectivity index is 0. The van der Waals surface area contributed by atoms with Gasteiger partial charge in [-0.2, -0.15) is 0 Å². The fraction of sp³-hybridized carbons (Fsp3) is 0.727. The van der Waals surface area contributed by atoms with E-state index in [1.165, 1.54) is 37.7 Å². The van der Waals surface area contributed by atoms with E-state index in [1.54, 1.807) is 0 Å². The van der Waals surface area contributed by atoms with Crippen LogP contribution in [0.2, 0.25) is 0 Å². The van der Waals surface area contributed by atoms with Crippen molar-refractivity contribution in [2.45, 2.75) is 78.6 Å². The molecule has 0 aromatic rings. The number of amides is 4. The van der Waals surface area contributed by atoms with E-state index in [0.29, 0.717) is 25.7 Å². The number of hydrogen-bond acceptors (Lipinski definition) is 6. The van der Waals surface area contributed by atoms with Crippen molar-refractivity contribution in [2.24, 2.45) is 11.8 Å². The van der Waals surface area contributed by atoms with E-state index < -0.39 is 47.9 Å². The molecule has 34 heavy (non-hydrogen) atoms. The normalized spacial score (nSPS) is 13.9. The number of nitrogens with one attached hydrogen (secondary N) is 2. The van der Waals surface area contributed by atoms with Crippen LogP contribution in [0.15, 0.2) is 0 Å². The Morgan fingerprint density at radius 2 is 0.941 bits per heavy atom. The van der Waals surface area contributed by atoms with Crippen LogP contribution in [0.4, 0.5) is 0 Å². The largest absolute Gasteiger partial charge is 0.480 e. The zero-order valence-corrected chi connectivity index (χ0v) is 21.3. The molecule has 0 saturated heterocycles. The lowest BCUT2D eigenvalue weighted by molar-refractivity contribution is -0.143. The molecule has 0 spiro atoms. The van der Waals surface area contributed by atoms with E-state index in [4.69, 9.17) is 10.2 Å². The maximum absolute atomic E-state index is 11.8. The predicted octanol–water partition coefficient (Wildman–Crippen LogP) is 0.157. The van der Waals surface area contributed by atoms with Crippen molar-refractivity contribution in [3.05, 3.63) is 0 Å². The second kappa shape index (κ2) is 16.4. The average molecular weight is 489 g/mol. The Morgan fingerprint density at radius 1 is 0.676 bits per heavy atom. The van der Waals surface area contributed by atoms with Crippen molar-refractivity contribution < 1.29 is 39.0 Å². The summed E-state index contributed by atoms with van der Waals surface area (Å²) in [5.41, 5.74) is 0. The van der Waals surface area contributed by atoms with E-state index in [-0.39, 0.29) is 11.8 Å². The molecule has 0 bridgehead atoms. The lowest BCUT2D eigenvalue weighted by Gasteiger charge is -2.26. The fourth-order valence-electron chi connectivity index (χ4n) is 2.70. The Hall–Kier alpha value is -3.18. The van der Waals surface area contributed by atoms with Gasteiger partial charge in [0, 0.05) is 14.1 Å². The van der Waals surface area contributed by atoms with E-state index in [1.807, 2.05) is 27.7 Å². The molecule has 0 fully saturated rings. The molecule has 0 unspecified atom stereocenters. The van der Waals surface area contributed by atoms with Crippen molar-refractivity contribution in [2.75, 3.05) is 14.1 Å². The number of aliphatic carboxylic acids is 2. The number of carboxylic acid groups (broad SMARTS) is 2. The molecule has 12 nitrogen and oxygen atoms in total. The first-order valence-electron chi connectivity index (χ1n) is 11.0. The first-order valence-corrected chi connectivity index (χ1v) is 11.0. The van der Waals surface area contributed by atoms with Gasteiger partial charge in [-0.05, 0) is 38.5 Å². The minimum atomic E-state index is -1.10. The van der Waals surface area contributed by atoms with E-state index in [9.17, 15) is 28.8 Å². The highest BCUT2D eigenvalue weighted by molar-refractivity contribution is 5.88. The third kappa shape index (κ3) is 13.4. The van der Waals surface area contributed by atoms with Gasteiger partial charge in [0.2, 0.25) is 24.6 Å². The Kier molecular flexibility index (Phi) is 16.0. The van der Waals surface area contributed by atoms with Gasteiger partial charge in [-0.15, -0.1) is 0 Å². The zero-order valence-electron chi connectivity index (χ0n) is 21.3. The SMILES string of the molecule is CC(C)C[C@@H](C(=O)N[C@@H](C)C(=O)O)N(C)C=O.CC(C)C[C@@H](C(=O)N[C@@H](C)C(=O)O)N(C)C=O. The van der Waals surface area contributed by atoms with Crippen molar-refractivity contribution >= 4 is 36.6 Å². The predicted molar refractivity (Wildman–Crippen MR) is 125 cm³/mol. The number of rotatable bonds is 14. The highest BCUT2D eigenvalue weighted by Crippen LogP contribution is 2.10. The molecule has 0 aliphatic rings. The van der Waals surface area contributed by atoms with E-state index >= 15 is 0 Å². The number of carboxylic acids is 2. The van der Waals surface area contributed by atoms with Crippen LogP contribution in [-0.4, -0.2) is 94.8 Å². The summed E-state index contributed by atoms with van der Waals surface area (Å²) in [6.07, 6.45) is 2.12. The van der Waals surface area contributed by atoms with Crippen LogP contribution in [0.3, 0.4) is 0 Å². The molecule has 0 aromatic carbocycles. The van der Waals surface area contributed by atoms with Crippen LogP contribution in [0.5, 0.6) is 0 Å². The molecule has 4 atom stereocenters. The number of nitrogens with zero attached hydrogens (tertiary/aromatic N) is 2. The lowest BCUT2D eigenvalue weighted by Crippen LogP contribution is -2.49. The monoisotopic (exact) mass is 488 g/mol. The molecule has 0 aromatic heterocycles. The third-order valence-electron chi connectivity index (χ3n) is 4.77. The quantitative estimate of drug-likeness (QED) is 0.250. The van der Waals surface area contributed by atoms with Gasteiger partial charge in [0.25, 0.3) is 0 Å². The summed E-state index contributed by atoms with van der Waals surface area (Å²) in [4.78, 5) is 68.8. The maximum Gasteiger partial charge on any atom is 0.325 e. The molecule has 0 saturated carbocycles. The van der Waals surface area contributed by atoms with Gasteiger partial charge in [-0.1, -0.05) is 27.7 Å². The Morgan fingerprint density at radius 3 is 1.12 bits per heavy atom. The number of likely N-dealkylation sites (N-methyl/N-ethyl adjacent to an activating group) is 2. The molecule has 4 N–H and O–H groups in total. The Labute approximate surface area is 201 Å². The first kappa shape index (κ1) is 33.0. The highest BCUT2D eigenvalue weighted by Gasteiger charge is 2.27. The molecule has 0 aliphatic heterocycles. The minimum Gasteiger partial charge on any atom is -0.480 e. The molecule has 0 heterocycles. The summed E-state index contributed by atoms with van der Waals surface area (Å²) in [5, 5.41) is 22.1. The van der Waals surface area contributed by atoms with Crippen LogP contribution in [0.25, 0.3) is 0 Å². The first-order chi connectivity index (χ1) is 15.6. The average Bonchev–Trinajstić information content (AvgIpc) is 2.74. The van der Waals surface area contributed by atoms with E-state index in [2.05, 4.69) is 10.6 Å². The summed E-state index contributed by atoms with van der Waals surface area (Å²) in [7, 11) is 3.01. The second-order valence-electron chi connectivity index (χ2n) is 8.97. The summed E-state index contributed by atoms with van der Waals surface area (Å²) in [6.45, 7) is 10.5. The number of hydrogen-bond donors (Lipinski definition) is 4. The third-order valence-corrected chi connectivity index (χ3v) is 4.77. The molecule has 196 valence electrons. The zero-order chi connectivity index (χ0) is 27.2. The standard InChI is InChI=1S/2C11H20N2O4/c2*1-7(2)5-9(13(4)6-14)10(15)12-8(3)11(16)17/h2*6-9H,5H2,1-4H3,(H,12,15)(H,16,17)/t2*8-,9-/m00/s1. The summed E-state index contributed by atoms with van der Waals surface area (Å²) in [6, 6.07) is -3.18. The van der Waals surface area contributed by atoms with Gasteiger partial charge in [0.05, 0.1) is 0 Å². The smallest absolute Gasteiger partial charge is 0.325 e. The molecule has 0 rings (SSSR count). The highest BCUT2D eigenvalue weighted by atomic mass is 16.4. The summed E-state index contributed by atoms with van der Waals surface area (Å²) < 4.78 is 0. The Bertz CT molecular complexity index is 640. The van der Waals surface area contributed by atoms with Gasteiger partial charge in [-0.25, -0.2) is 0 Å². The topological polar surface area (TPSA) is 173 Å². The molecule has 12 heteroatoms.